The van der Waals surface area contributed by atoms with Crippen molar-refractivity contribution < 1.29 is 60.3 Å². The number of aromatic amines is 1. The van der Waals surface area contributed by atoms with Gasteiger partial charge in [0, 0.05) is 5.56 Å². The number of aromatic nitrogens is 8. The number of carbonyl (C=O) groups excluding carboxylic acids is 1. The van der Waals surface area contributed by atoms with Crippen LogP contribution >= 0.6 is 16.1 Å². The first-order valence-corrected chi connectivity index (χ1v) is 31.0. The van der Waals surface area contributed by atoms with Crippen LogP contribution in [-0.4, -0.2) is 128 Å². The lowest BCUT2D eigenvalue weighted by molar-refractivity contribution is -0.0630. The number of H-pyrrole nitrogens is 1. The van der Waals surface area contributed by atoms with E-state index in [9.17, 15) is 29.4 Å². The minimum atomic E-state index is -4.92. The summed E-state index contributed by atoms with van der Waals surface area (Å²) in [5.74, 6) is -0.403. The molecule has 2 saturated heterocycles. The molecule has 1 amide bonds. The number of fused-ring (bicyclic) bond motifs is 2. The van der Waals surface area contributed by atoms with Crippen LogP contribution in [0.1, 0.15) is 70.8 Å². The third kappa shape index (κ3) is 11.4. The molecule has 0 radical (unpaired) electrons. The number of phosphoric acid groups is 1. The van der Waals surface area contributed by atoms with Gasteiger partial charge in [0.05, 0.1) is 51.3 Å². The fourth-order valence-corrected chi connectivity index (χ4v) is 11.6. The van der Waals surface area contributed by atoms with Crippen LogP contribution < -0.4 is 10.9 Å². The lowest BCUT2D eigenvalue weighted by atomic mass is 10.1. The maximum absolute atomic E-state index is 15.4. The van der Waals surface area contributed by atoms with Crippen LogP contribution in [-0.2, 0) is 45.6 Å². The molecule has 24 nitrogen and oxygen atoms in total. The van der Waals surface area contributed by atoms with Crippen LogP contribution in [0.2, 0.25) is 36.3 Å². The van der Waals surface area contributed by atoms with Crippen LogP contribution in [0.15, 0.2) is 60.4 Å². The number of hydrogen-bond acceptors (Lipinski definition) is 19. The molecule has 6 heterocycles. The lowest BCUT2D eigenvalue weighted by Gasteiger charge is -2.41. The molecule has 6 unspecified atom stereocenters. The van der Waals surface area contributed by atoms with Gasteiger partial charge in [-0.2, -0.15) is 5.26 Å². The van der Waals surface area contributed by atoms with E-state index in [0.29, 0.717) is 5.56 Å². The van der Waals surface area contributed by atoms with Gasteiger partial charge in [0.15, 0.2) is 57.2 Å². The highest BCUT2D eigenvalue weighted by atomic mass is 31.2. The number of rotatable bonds is 19. The maximum Gasteiger partial charge on any atom is 0.475 e. The Morgan fingerprint density at radius 3 is 2.11 bits per heavy atom. The number of anilines is 1. The van der Waals surface area contributed by atoms with Crippen molar-refractivity contribution in [3.8, 4) is 6.07 Å². The van der Waals surface area contributed by atoms with Crippen LogP contribution in [0.3, 0.4) is 0 Å². The normalized spacial score (nSPS) is 24.7. The Morgan fingerprint density at radius 2 is 1.47 bits per heavy atom. The van der Waals surface area contributed by atoms with Crippen molar-refractivity contribution in [1.29, 1.82) is 5.26 Å². The van der Waals surface area contributed by atoms with Gasteiger partial charge < -0.3 is 43.2 Å². The van der Waals surface area contributed by atoms with Gasteiger partial charge in [0.1, 0.15) is 43.0 Å². The number of nitrogens with one attached hydrogen (secondary N) is 2. The van der Waals surface area contributed by atoms with Crippen LogP contribution in [0.4, 0.5) is 5.82 Å². The first kappa shape index (κ1) is 53.4. The standard InChI is InChI=1S/C42H60N10O14P2Si2/c1-41(2,3)69(7,8)65-31-27(62-39(30(31)53)51-24-49-29-36(51)46-22-47-38(29)55)20-61-68(58,60-18-14-17-43)64-33-32(66-70(9,10)42(4,5)6)26(19-59-67(56)57)63-40(33)52-23-48-28-34(44-21-45-35(28)52)50-37(54)25-15-12-11-13-16-25/h11-13,15-16,21-24,26-27,30-33,39-40,53,67H,14,18-20H2,1-10H3,(H,56,57)(H,46,47,55)(H,44,45,50,54)/t26?,27?,30-,31-,32-,33-,39?,40?,68?/m1/s1. The van der Waals surface area contributed by atoms with Crippen LogP contribution in [0.5, 0.6) is 0 Å². The average Bonchev–Trinajstić information content (AvgIpc) is 4.06. The summed E-state index contributed by atoms with van der Waals surface area (Å²) in [7, 11) is -14.0. The van der Waals surface area contributed by atoms with Crippen molar-refractivity contribution in [2.24, 2.45) is 0 Å². The highest BCUT2D eigenvalue weighted by Crippen LogP contribution is 2.56. The van der Waals surface area contributed by atoms with Gasteiger partial charge in [-0.3, -0.25) is 36.9 Å². The minimum Gasteiger partial charge on any atom is -0.408 e. The summed E-state index contributed by atoms with van der Waals surface area (Å²) >= 11 is 0. The molecule has 2 aliphatic rings. The van der Waals surface area contributed by atoms with Crippen molar-refractivity contribution in [3.63, 3.8) is 0 Å². The Labute approximate surface area is 406 Å². The van der Waals surface area contributed by atoms with Gasteiger partial charge in [-0.25, -0.2) is 29.5 Å². The van der Waals surface area contributed by atoms with E-state index >= 15 is 4.57 Å². The van der Waals surface area contributed by atoms with Crippen molar-refractivity contribution in [2.45, 2.75) is 133 Å². The van der Waals surface area contributed by atoms with Gasteiger partial charge >= 0.3 is 16.1 Å². The van der Waals surface area contributed by atoms with Crippen LogP contribution in [0.25, 0.3) is 22.3 Å². The first-order chi connectivity index (χ1) is 32.8. The topological polar surface area (TPSA) is 308 Å². The van der Waals surface area contributed by atoms with E-state index in [1.165, 1.54) is 34.4 Å². The SMILES string of the molecule is CC(C)(C)[Si](C)(C)O[C@@H]1C(COP(=O)(OCCC#N)O[C@H]2C(n3cnc4c(NC(=O)c5ccccc5)ncnc43)OC(CO[PH](=O)O)[C@H]2O[Si](C)(C)C(C)(C)C)OC(n2cnc3c(=O)[nH]cnc32)[C@@H]1O. The third-order valence-corrected chi connectivity index (χ3v) is 23.9. The molecule has 0 spiro atoms. The molecule has 5 aromatic rings. The van der Waals surface area contributed by atoms with Gasteiger partial charge in [0.2, 0.25) is 0 Å². The predicted molar refractivity (Wildman–Crippen MR) is 258 cm³/mol. The molecular weight excluding hydrogens is 987 g/mol. The smallest absolute Gasteiger partial charge is 0.408 e. The second kappa shape index (κ2) is 21.0. The maximum atomic E-state index is 15.4. The molecule has 0 aliphatic carbocycles. The number of nitriles is 1. The third-order valence-electron chi connectivity index (χ3n) is 13.1. The zero-order valence-corrected chi connectivity index (χ0v) is 44.4. The largest absolute Gasteiger partial charge is 0.475 e. The summed E-state index contributed by atoms with van der Waals surface area (Å²) in [6.07, 6.45) is -5.21. The summed E-state index contributed by atoms with van der Waals surface area (Å²) in [5, 5.41) is 23.6. The molecule has 0 bridgehead atoms. The fourth-order valence-electron chi connectivity index (χ4n) is 7.30. The van der Waals surface area contributed by atoms with E-state index in [0.717, 1.165) is 0 Å². The molecule has 7 rings (SSSR count). The van der Waals surface area contributed by atoms with E-state index in [2.05, 4.69) is 35.2 Å². The summed E-state index contributed by atoms with van der Waals surface area (Å²) in [4.78, 5) is 59.9. The second-order valence-electron chi connectivity index (χ2n) is 19.9. The fraction of sp³-hybridized carbons (Fsp3) is 0.571. The van der Waals surface area contributed by atoms with Gasteiger partial charge in [-0.1, -0.05) is 59.7 Å². The van der Waals surface area contributed by atoms with Crippen molar-refractivity contribution in [1.82, 2.24) is 39.0 Å². The number of ether oxygens (including phenoxy) is 2. The van der Waals surface area contributed by atoms with Crippen molar-refractivity contribution in [2.75, 3.05) is 25.1 Å². The number of imidazole rings is 2. The molecule has 2 aliphatic heterocycles. The lowest BCUT2D eigenvalue weighted by Crippen LogP contribution is -2.50. The van der Waals surface area contributed by atoms with Gasteiger partial charge in [-0.15, -0.1) is 0 Å². The number of aliphatic hydroxyl groups is 1. The van der Waals surface area contributed by atoms with E-state index in [1.807, 2.05) is 73.8 Å². The molecule has 70 heavy (non-hydrogen) atoms. The molecule has 2 fully saturated rings. The van der Waals surface area contributed by atoms with Gasteiger partial charge in [-0.05, 0) is 48.4 Å². The Kier molecular flexibility index (Phi) is 16.0. The number of carbonyl (C=O) groups is 1. The Bertz CT molecular complexity index is 2830. The summed E-state index contributed by atoms with van der Waals surface area (Å²) in [6.45, 7) is 18.5. The van der Waals surface area contributed by atoms with Crippen molar-refractivity contribution >= 4 is 66.8 Å². The van der Waals surface area contributed by atoms with E-state index in [1.54, 1.807) is 30.3 Å². The Hall–Kier alpha value is -4.43. The number of benzene rings is 1. The molecule has 0 saturated carbocycles. The van der Waals surface area contributed by atoms with Gasteiger partial charge in [0.25, 0.3) is 11.5 Å². The van der Waals surface area contributed by atoms with Crippen molar-refractivity contribution in [3.05, 3.63) is 71.6 Å². The molecule has 380 valence electrons. The second-order valence-corrected chi connectivity index (χ2v) is 31.8. The summed E-state index contributed by atoms with van der Waals surface area (Å²) in [6, 6.07) is 10.4. The number of phosphoric ester groups is 1. The monoisotopic (exact) mass is 1050 g/mol. The number of aliphatic hydroxyl groups excluding tert-OH is 1. The average molecular weight is 1050 g/mol. The zero-order valence-electron chi connectivity index (χ0n) is 40.5. The quantitative estimate of drug-likeness (QED) is 0.0419. The zero-order chi connectivity index (χ0) is 51.0. The number of hydrogen-bond donors (Lipinski definition) is 4. The highest BCUT2D eigenvalue weighted by Gasteiger charge is 2.56. The predicted octanol–water partition coefficient (Wildman–Crippen LogP) is 5.99. The summed E-state index contributed by atoms with van der Waals surface area (Å²) in [5.41, 5.74) is 0.267. The Balaban J connectivity index is 1.28. The molecule has 10 atom stereocenters. The van der Waals surface area contributed by atoms with Crippen LogP contribution in [0, 0.1) is 11.3 Å². The number of amides is 1. The molecule has 4 N–H and O–H groups in total. The molecule has 4 aromatic heterocycles. The number of nitrogens with zero attached hydrogens (tertiary/aromatic N) is 8. The first-order valence-electron chi connectivity index (χ1n) is 22.4. The highest BCUT2D eigenvalue weighted by molar-refractivity contribution is 7.48. The Morgan fingerprint density at radius 1 is 0.871 bits per heavy atom. The van der Waals surface area contributed by atoms with E-state index in [-0.39, 0.29) is 39.6 Å². The minimum absolute atomic E-state index is 0.00643. The molecular formula is C42H60N10O14P2Si2. The van der Waals surface area contributed by atoms with E-state index in [4.69, 9.17) is 36.4 Å². The molecule has 28 heteroatoms. The van der Waals surface area contributed by atoms with E-state index < -0.39 is 118 Å². The molecule has 1 aromatic carbocycles. The summed E-state index contributed by atoms with van der Waals surface area (Å²) < 4.78 is 81.0.